The summed E-state index contributed by atoms with van der Waals surface area (Å²) in [5.74, 6) is 0. The van der Waals surface area contributed by atoms with E-state index in [4.69, 9.17) is 11.6 Å². The van der Waals surface area contributed by atoms with Crippen molar-refractivity contribution >= 4 is 23.3 Å². The maximum atomic E-state index is 11.9. The molecule has 0 fully saturated rings. The third kappa shape index (κ3) is 4.50. The first-order valence-electron chi connectivity index (χ1n) is 6.83. The minimum absolute atomic E-state index is 0.126. The number of halogens is 1. The standard InChI is InChI=1S/C17H19ClN2O/c1-17(2,13-6-4-3-5-7-13)12-19-16(21)20-15-10-8-14(18)9-11-15/h3-11H,12H2,1-2H3,(H2,19,20,21). The molecule has 21 heavy (non-hydrogen) atoms. The lowest BCUT2D eigenvalue weighted by atomic mass is 9.85. The van der Waals surface area contributed by atoms with Gasteiger partial charge in [0.15, 0.2) is 0 Å². The number of carbonyl (C=O) groups excluding carboxylic acids is 1. The molecule has 0 radical (unpaired) electrons. The van der Waals surface area contributed by atoms with Crippen molar-refractivity contribution in [2.45, 2.75) is 19.3 Å². The molecule has 3 nitrogen and oxygen atoms in total. The Kier molecular flexibility index (Phi) is 4.86. The third-order valence-electron chi connectivity index (χ3n) is 3.35. The summed E-state index contributed by atoms with van der Waals surface area (Å²) in [6.45, 7) is 4.76. The average molecular weight is 303 g/mol. The minimum atomic E-state index is -0.221. The summed E-state index contributed by atoms with van der Waals surface area (Å²) < 4.78 is 0. The van der Waals surface area contributed by atoms with Crippen LogP contribution in [0.2, 0.25) is 5.02 Å². The first kappa shape index (κ1) is 15.4. The predicted octanol–water partition coefficient (Wildman–Crippen LogP) is 4.44. The highest BCUT2D eigenvalue weighted by molar-refractivity contribution is 6.30. The van der Waals surface area contributed by atoms with Crippen LogP contribution in [0.4, 0.5) is 10.5 Å². The van der Waals surface area contributed by atoms with Gasteiger partial charge in [0.05, 0.1) is 0 Å². The molecule has 4 heteroatoms. The van der Waals surface area contributed by atoms with Crippen LogP contribution in [-0.2, 0) is 5.41 Å². The number of hydrogen-bond donors (Lipinski definition) is 2. The lowest BCUT2D eigenvalue weighted by molar-refractivity contribution is 0.249. The fourth-order valence-corrected chi connectivity index (χ4v) is 2.13. The molecule has 2 rings (SSSR count). The van der Waals surface area contributed by atoms with Gasteiger partial charge in [-0.2, -0.15) is 0 Å². The molecule has 2 aromatic carbocycles. The maximum absolute atomic E-state index is 11.9. The van der Waals surface area contributed by atoms with Gasteiger partial charge in [0.1, 0.15) is 0 Å². The van der Waals surface area contributed by atoms with Gasteiger partial charge in [0.25, 0.3) is 0 Å². The van der Waals surface area contributed by atoms with Crippen molar-refractivity contribution in [1.29, 1.82) is 0 Å². The fraction of sp³-hybridized carbons (Fsp3) is 0.235. The maximum Gasteiger partial charge on any atom is 0.319 e. The lowest BCUT2D eigenvalue weighted by Crippen LogP contribution is -2.38. The Morgan fingerprint density at radius 1 is 1.05 bits per heavy atom. The highest BCUT2D eigenvalue weighted by atomic mass is 35.5. The molecule has 2 N–H and O–H groups in total. The van der Waals surface area contributed by atoms with Crippen molar-refractivity contribution in [2.75, 3.05) is 11.9 Å². The molecular weight excluding hydrogens is 284 g/mol. The Labute approximate surface area is 130 Å². The van der Waals surface area contributed by atoms with Crippen LogP contribution in [0.15, 0.2) is 54.6 Å². The van der Waals surface area contributed by atoms with Crippen molar-refractivity contribution in [2.24, 2.45) is 0 Å². The van der Waals surface area contributed by atoms with Crippen LogP contribution < -0.4 is 10.6 Å². The predicted molar refractivity (Wildman–Crippen MR) is 87.9 cm³/mol. The summed E-state index contributed by atoms with van der Waals surface area (Å²) in [5, 5.41) is 6.33. The van der Waals surface area contributed by atoms with Crippen molar-refractivity contribution in [3.05, 3.63) is 65.2 Å². The zero-order chi connectivity index (χ0) is 15.3. The molecule has 0 spiro atoms. The third-order valence-corrected chi connectivity index (χ3v) is 3.60. The Balaban J connectivity index is 1.90. The molecule has 2 amide bonds. The first-order valence-corrected chi connectivity index (χ1v) is 7.21. The summed E-state index contributed by atoms with van der Waals surface area (Å²) in [5.41, 5.74) is 1.78. The number of hydrogen-bond acceptors (Lipinski definition) is 1. The zero-order valence-corrected chi connectivity index (χ0v) is 12.9. The molecule has 0 aromatic heterocycles. The highest BCUT2D eigenvalue weighted by Crippen LogP contribution is 2.21. The van der Waals surface area contributed by atoms with E-state index < -0.39 is 0 Å². The molecular formula is C17H19ClN2O. The molecule has 0 saturated carbocycles. The van der Waals surface area contributed by atoms with Gasteiger partial charge in [-0.05, 0) is 29.8 Å². The van der Waals surface area contributed by atoms with E-state index in [0.717, 1.165) is 5.69 Å². The van der Waals surface area contributed by atoms with Crippen molar-refractivity contribution in [3.8, 4) is 0 Å². The van der Waals surface area contributed by atoms with Gasteiger partial charge in [-0.1, -0.05) is 55.8 Å². The molecule has 0 unspecified atom stereocenters. The lowest BCUT2D eigenvalue weighted by Gasteiger charge is -2.25. The van der Waals surface area contributed by atoms with Crippen LogP contribution in [0.5, 0.6) is 0 Å². The smallest absolute Gasteiger partial charge is 0.319 e. The van der Waals surface area contributed by atoms with E-state index in [-0.39, 0.29) is 11.4 Å². The number of anilines is 1. The van der Waals surface area contributed by atoms with E-state index in [2.05, 4.69) is 36.6 Å². The van der Waals surface area contributed by atoms with Gasteiger partial charge in [-0.15, -0.1) is 0 Å². The topological polar surface area (TPSA) is 41.1 Å². The van der Waals surface area contributed by atoms with E-state index in [1.54, 1.807) is 24.3 Å². The summed E-state index contributed by atoms with van der Waals surface area (Å²) in [6.07, 6.45) is 0. The van der Waals surface area contributed by atoms with Gasteiger partial charge < -0.3 is 10.6 Å². The highest BCUT2D eigenvalue weighted by Gasteiger charge is 2.20. The molecule has 0 atom stereocenters. The molecule has 0 aliphatic carbocycles. The second-order valence-corrected chi connectivity index (χ2v) is 6.00. The SMILES string of the molecule is CC(C)(CNC(=O)Nc1ccc(Cl)cc1)c1ccccc1. The molecule has 110 valence electrons. The second kappa shape index (κ2) is 6.64. The summed E-state index contributed by atoms with van der Waals surface area (Å²) in [6, 6.07) is 16.9. The number of benzene rings is 2. The number of rotatable bonds is 4. The van der Waals surface area contributed by atoms with E-state index in [9.17, 15) is 4.79 Å². The Morgan fingerprint density at radius 3 is 2.29 bits per heavy atom. The van der Waals surface area contributed by atoms with Gasteiger partial charge in [0.2, 0.25) is 0 Å². The summed E-state index contributed by atoms with van der Waals surface area (Å²) in [7, 11) is 0. The Bertz CT molecular complexity index is 594. The van der Waals surface area contributed by atoms with Crippen molar-refractivity contribution in [1.82, 2.24) is 5.32 Å². The number of urea groups is 1. The normalized spacial score (nSPS) is 11.0. The van der Waals surface area contributed by atoms with Gasteiger partial charge >= 0.3 is 6.03 Å². The Morgan fingerprint density at radius 2 is 1.67 bits per heavy atom. The molecule has 0 heterocycles. The number of nitrogens with one attached hydrogen (secondary N) is 2. The average Bonchev–Trinajstić information content (AvgIpc) is 2.49. The largest absolute Gasteiger partial charge is 0.337 e. The summed E-state index contributed by atoms with van der Waals surface area (Å²) >= 11 is 5.81. The number of amides is 2. The molecule has 2 aromatic rings. The van der Waals surface area contributed by atoms with E-state index in [0.29, 0.717) is 11.6 Å². The van der Waals surface area contributed by atoms with Crippen molar-refractivity contribution in [3.63, 3.8) is 0 Å². The minimum Gasteiger partial charge on any atom is -0.337 e. The second-order valence-electron chi connectivity index (χ2n) is 5.56. The van der Waals surface area contributed by atoms with Crippen LogP contribution >= 0.6 is 11.6 Å². The molecule has 0 aliphatic heterocycles. The molecule has 0 bridgehead atoms. The van der Waals surface area contributed by atoms with E-state index in [1.807, 2.05) is 18.2 Å². The zero-order valence-electron chi connectivity index (χ0n) is 12.2. The van der Waals surface area contributed by atoms with Crippen molar-refractivity contribution < 1.29 is 4.79 Å². The van der Waals surface area contributed by atoms with Crippen LogP contribution in [-0.4, -0.2) is 12.6 Å². The van der Waals surface area contributed by atoms with Gasteiger partial charge in [-0.3, -0.25) is 0 Å². The monoisotopic (exact) mass is 302 g/mol. The van der Waals surface area contributed by atoms with E-state index in [1.165, 1.54) is 5.56 Å². The van der Waals surface area contributed by atoms with Crippen LogP contribution in [0.1, 0.15) is 19.4 Å². The molecule has 0 aliphatic rings. The molecule has 0 saturated heterocycles. The van der Waals surface area contributed by atoms with Crippen LogP contribution in [0.25, 0.3) is 0 Å². The van der Waals surface area contributed by atoms with Gasteiger partial charge in [-0.25, -0.2) is 4.79 Å². The van der Waals surface area contributed by atoms with E-state index >= 15 is 0 Å². The summed E-state index contributed by atoms with van der Waals surface area (Å²) in [4.78, 5) is 11.9. The Hall–Kier alpha value is -2.00. The number of carbonyl (C=O) groups is 1. The van der Waals surface area contributed by atoms with Gasteiger partial charge in [0, 0.05) is 22.7 Å². The fourth-order valence-electron chi connectivity index (χ4n) is 2.00. The van der Waals surface area contributed by atoms with Crippen LogP contribution in [0.3, 0.4) is 0 Å². The quantitative estimate of drug-likeness (QED) is 0.861. The van der Waals surface area contributed by atoms with Crippen LogP contribution in [0, 0.1) is 0 Å². The first-order chi connectivity index (χ1) is 9.97.